The molecule has 2 N–H and O–H groups in total. The molecule has 1 heterocycles. The molecule has 0 bridgehead atoms. The third-order valence-electron chi connectivity index (χ3n) is 1.69. The van der Waals surface area contributed by atoms with Gasteiger partial charge in [-0.15, -0.1) is 11.3 Å². The highest BCUT2D eigenvalue weighted by atomic mass is 32.1. The highest BCUT2D eigenvalue weighted by Crippen LogP contribution is 2.29. The van der Waals surface area contributed by atoms with Gasteiger partial charge < -0.3 is 10.2 Å². The Morgan fingerprint density at radius 2 is 2.23 bits per heavy atom. The lowest BCUT2D eigenvalue weighted by atomic mass is 10.2. The Hall–Kier alpha value is -1.62. The van der Waals surface area contributed by atoms with Crippen LogP contribution in [0.1, 0.15) is 10.4 Å². The molecule has 1 aromatic carbocycles. The first-order valence-electron chi connectivity index (χ1n) is 3.48. The van der Waals surface area contributed by atoms with E-state index < -0.39 is 5.97 Å². The van der Waals surface area contributed by atoms with Crippen LogP contribution in [0.4, 0.5) is 0 Å². The minimum Gasteiger partial charge on any atom is -0.506 e. The van der Waals surface area contributed by atoms with Gasteiger partial charge in [0.1, 0.15) is 11.3 Å². The topological polar surface area (TPSA) is 70.4 Å². The van der Waals surface area contributed by atoms with Crippen LogP contribution in [0.2, 0.25) is 0 Å². The number of phenolic OH excluding ortho intramolecular Hbond substituents is 1. The molecular formula is C8H5NO3S. The number of thiazole rings is 1. The molecular weight excluding hydrogens is 190 g/mol. The molecule has 0 fully saturated rings. The molecule has 2 rings (SSSR count). The molecule has 4 nitrogen and oxygen atoms in total. The number of aromatic carboxylic acids is 1. The summed E-state index contributed by atoms with van der Waals surface area (Å²) >= 11 is 1.20. The zero-order valence-corrected chi connectivity index (χ0v) is 7.21. The number of carbonyl (C=O) groups is 1. The summed E-state index contributed by atoms with van der Waals surface area (Å²) in [5, 5.41) is 18.1. The third-order valence-corrected chi connectivity index (χ3v) is 2.55. The maximum absolute atomic E-state index is 10.7. The van der Waals surface area contributed by atoms with Crippen molar-refractivity contribution in [1.82, 2.24) is 4.98 Å². The average Bonchev–Trinajstić information content (AvgIpc) is 2.53. The number of aromatic hydroxyl groups is 1. The number of hydrogen-bond acceptors (Lipinski definition) is 4. The van der Waals surface area contributed by atoms with E-state index in [-0.39, 0.29) is 11.3 Å². The second-order valence-electron chi connectivity index (χ2n) is 2.47. The van der Waals surface area contributed by atoms with Crippen LogP contribution in [-0.4, -0.2) is 21.2 Å². The number of nitrogens with zero attached hydrogens (tertiary/aromatic N) is 1. The molecule has 0 radical (unpaired) electrons. The highest BCUT2D eigenvalue weighted by Gasteiger charge is 2.12. The van der Waals surface area contributed by atoms with Crippen molar-refractivity contribution in [2.75, 3.05) is 0 Å². The van der Waals surface area contributed by atoms with Gasteiger partial charge in [0.05, 0.1) is 15.8 Å². The predicted molar refractivity (Wildman–Crippen MR) is 48.2 cm³/mol. The molecule has 0 amide bonds. The van der Waals surface area contributed by atoms with Gasteiger partial charge in [0, 0.05) is 0 Å². The summed E-state index contributed by atoms with van der Waals surface area (Å²) < 4.78 is 0.507. The Labute approximate surface area is 77.1 Å². The lowest BCUT2D eigenvalue weighted by Crippen LogP contribution is -1.95. The smallest absolute Gasteiger partial charge is 0.337 e. The van der Waals surface area contributed by atoms with Crippen LogP contribution in [0.3, 0.4) is 0 Å². The Morgan fingerprint density at radius 1 is 1.46 bits per heavy atom. The van der Waals surface area contributed by atoms with E-state index in [4.69, 9.17) is 5.11 Å². The van der Waals surface area contributed by atoms with Crippen molar-refractivity contribution >= 4 is 27.5 Å². The molecule has 0 unspecified atom stereocenters. The molecule has 5 heteroatoms. The molecule has 0 spiro atoms. The summed E-state index contributed by atoms with van der Waals surface area (Å²) in [7, 11) is 0. The number of benzene rings is 1. The van der Waals surface area contributed by atoms with E-state index in [0.29, 0.717) is 10.2 Å². The average molecular weight is 195 g/mol. The summed E-state index contributed by atoms with van der Waals surface area (Å²) in [6.45, 7) is 0. The largest absolute Gasteiger partial charge is 0.506 e. The van der Waals surface area contributed by atoms with Crippen LogP contribution >= 0.6 is 11.3 Å². The third kappa shape index (κ3) is 1.13. The van der Waals surface area contributed by atoms with Gasteiger partial charge in [-0.05, 0) is 12.1 Å². The molecule has 66 valence electrons. The molecule has 2 aromatic rings. The molecule has 0 saturated heterocycles. The van der Waals surface area contributed by atoms with Crippen molar-refractivity contribution in [3.05, 3.63) is 23.2 Å². The standard InChI is InChI=1S/C8H5NO3S/c10-5-2-1-4(8(11)12)7-6(5)9-3-13-7/h1-3,10H,(H,11,12). The lowest BCUT2D eigenvalue weighted by Gasteiger charge is -1.97. The Balaban J connectivity index is 2.86. The van der Waals surface area contributed by atoms with Crippen LogP contribution in [0, 0.1) is 0 Å². The van der Waals surface area contributed by atoms with E-state index in [9.17, 15) is 9.90 Å². The van der Waals surface area contributed by atoms with E-state index in [0.717, 1.165) is 0 Å². The van der Waals surface area contributed by atoms with Crippen molar-refractivity contribution in [1.29, 1.82) is 0 Å². The number of rotatable bonds is 1. The predicted octanol–water partition coefficient (Wildman–Crippen LogP) is 1.70. The Kier molecular flexibility index (Phi) is 1.66. The first-order valence-corrected chi connectivity index (χ1v) is 4.36. The van der Waals surface area contributed by atoms with E-state index in [1.165, 1.54) is 29.0 Å². The van der Waals surface area contributed by atoms with Crippen LogP contribution in [0.5, 0.6) is 5.75 Å². The fourth-order valence-electron chi connectivity index (χ4n) is 1.11. The van der Waals surface area contributed by atoms with E-state index in [2.05, 4.69) is 4.98 Å². The maximum atomic E-state index is 10.7. The summed E-state index contributed by atoms with van der Waals surface area (Å²) in [6, 6.07) is 2.71. The lowest BCUT2D eigenvalue weighted by molar-refractivity contribution is 0.0699. The van der Waals surface area contributed by atoms with Crippen LogP contribution in [-0.2, 0) is 0 Å². The summed E-state index contributed by atoms with van der Waals surface area (Å²) in [5.41, 5.74) is 2.04. The summed E-state index contributed by atoms with van der Waals surface area (Å²) in [5.74, 6) is -0.990. The van der Waals surface area contributed by atoms with Crippen molar-refractivity contribution in [3.8, 4) is 5.75 Å². The first-order chi connectivity index (χ1) is 6.20. The first kappa shape index (κ1) is 8.00. The molecule has 0 aliphatic carbocycles. The zero-order valence-electron chi connectivity index (χ0n) is 6.39. The van der Waals surface area contributed by atoms with Gasteiger partial charge in [0.2, 0.25) is 0 Å². The number of hydrogen-bond donors (Lipinski definition) is 2. The molecule has 0 aliphatic rings. The van der Waals surface area contributed by atoms with Crippen LogP contribution < -0.4 is 0 Å². The van der Waals surface area contributed by atoms with Gasteiger partial charge >= 0.3 is 5.97 Å². The van der Waals surface area contributed by atoms with Gasteiger partial charge in [0.25, 0.3) is 0 Å². The van der Waals surface area contributed by atoms with Gasteiger partial charge in [0.15, 0.2) is 0 Å². The Bertz CT molecular complexity index is 477. The Morgan fingerprint density at radius 3 is 2.92 bits per heavy atom. The SMILES string of the molecule is O=C(O)c1ccc(O)c2ncsc12. The second-order valence-corrected chi connectivity index (χ2v) is 3.32. The van der Waals surface area contributed by atoms with E-state index in [1.54, 1.807) is 0 Å². The number of carboxylic acid groups (broad SMARTS) is 1. The van der Waals surface area contributed by atoms with Gasteiger partial charge in [-0.2, -0.15) is 0 Å². The highest BCUT2D eigenvalue weighted by molar-refractivity contribution is 7.17. The molecule has 0 saturated carbocycles. The second kappa shape index (κ2) is 2.70. The maximum Gasteiger partial charge on any atom is 0.337 e. The quantitative estimate of drug-likeness (QED) is 0.726. The van der Waals surface area contributed by atoms with Crippen molar-refractivity contribution in [2.24, 2.45) is 0 Å². The fourth-order valence-corrected chi connectivity index (χ4v) is 1.92. The van der Waals surface area contributed by atoms with Gasteiger partial charge in [-0.25, -0.2) is 9.78 Å². The molecule has 1 aromatic heterocycles. The number of phenols is 1. The van der Waals surface area contributed by atoms with E-state index >= 15 is 0 Å². The van der Waals surface area contributed by atoms with E-state index in [1.807, 2.05) is 0 Å². The number of aromatic nitrogens is 1. The minimum absolute atomic E-state index is 0.0150. The monoisotopic (exact) mass is 195 g/mol. The summed E-state index contributed by atoms with van der Waals surface area (Å²) in [4.78, 5) is 14.6. The van der Waals surface area contributed by atoms with Crippen molar-refractivity contribution in [2.45, 2.75) is 0 Å². The number of fused-ring (bicyclic) bond motifs is 1. The normalized spacial score (nSPS) is 10.5. The van der Waals surface area contributed by atoms with Crippen LogP contribution in [0.25, 0.3) is 10.2 Å². The minimum atomic E-state index is -1.01. The zero-order chi connectivity index (χ0) is 9.42. The van der Waals surface area contributed by atoms with Crippen LogP contribution in [0.15, 0.2) is 17.6 Å². The molecule has 13 heavy (non-hydrogen) atoms. The fraction of sp³-hybridized carbons (Fsp3) is 0. The number of carboxylic acids is 1. The van der Waals surface area contributed by atoms with Gasteiger partial charge in [-0.1, -0.05) is 0 Å². The summed E-state index contributed by atoms with van der Waals surface area (Å²) in [6.07, 6.45) is 0. The molecule has 0 aliphatic heterocycles. The van der Waals surface area contributed by atoms with Crippen molar-refractivity contribution in [3.63, 3.8) is 0 Å². The van der Waals surface area contributed by atoms with Crippen molar-refractivity contribution < 1.29 is 15.0 Å². The molecule has 0 atom stereocenters. The van der Waals surface area contributed by atoms with Gasteiger partial charge in [-0.3, -0.25) is 0 Å².